The topological polar surface area (TPSA) is 117 Å². The van der Waals surface area contributed by atoms with Crippen molar-refractivity contribution in [2.75, 3.05) is 5.32 Å². The van der Waals surface area contributed by atoms with Gasteiger partial charge in [0.1, 0.15) is 11.4 Å². The normalized spacial score (nSPS) is 17.3. The number of hydrogen-bond acceptors (Lipinski definition) is 6. The van der Waals surface area contributed by atoms with Gasteiger partial charge in [0, 0.05) is 23.2 Å². The number of amides is 1. The number of phenolic OH excluding ortho intramolecular Hbond substituents is 1. The van der Waals surface area contributed by atoms with Crippen molar-refractivity contribution in [1.29, 1.82) is 0 Å². The van der Waals surface area contributed by atoms with Crippen molar-refractivity contribution < 1.29 is 23.1 Å². The molecule has 2 aromatic carbocycles. The molecule has 1 aliphatic rings. The van der Waals surface area contributed by atoms with Crippen molar-refractivity contribution in [2.45, 2.75) is 25.4 Å². The van der Waals surface area contributed by atoms with E-state index in [-0.39, 0.29) is 35.0 Å². The molecular weight excluding hydrogens is 461 g/mol. The lowest BCUT2D eigenvalue weighted by Gasteiger charge is -2.14. The van der Waals surface area contributed by atoms with E-state index in [0.717, 1.165) is 23.4 Å². The van der Waals surface area contributed by atoms with Gasteiger partial charge in [-0.25, -0.2) is 5.10 Å². The molecule has 3 N–H and O–H groups in total. The summed E-state index contributed by atoms with van der Waals surface area (Å²) in [5.74, 6) is -0.410. The first-order valence-electron chi connectivity index (χ1n) is 10.7. The first-order chi connectivity index (χ1) is 16.7. The summed E-state index contributed by atoms with van der Waals surface area (Å²) in [5.41, 5.74) is 2.32. The molecule has 0 bridgehead atoms. The number of rotatable bonds is 5. The molecule has 0 saturated heterocycles. The van der Waals surface area contributed by atoms with Gasteiger partial charge in [-0.1, -0.05) is 35.9 Å². The number of nitrogens with zero attached hydrogens (tertiary/aromatic N) is 4. The Bertz CT molecular complexity index is 1390. The zero-order valence-electron chi connectivity index (χ0n) is 18.3. The van der Waals surface area contributed by atoms with Crippen LogP contribution in [0.25, 0.3) is 22.5 Å². The van der Waals surface area contributed by atoms with Gasteiger partial charge in [0.15, 0.2) is 5.82 Å². The van der Waals surface area contributed by atoms with E-state index in [0.29, 0.717) is 23.1 Å². The summed E-state index contributed by atoms with van der Waals surface area (Å²) in [7, 11) is 0. The molecule has 0 aliphatic heterocycles. The maximum absolute atomic E-state index is 12.9. The fourth-order valence-corrected chi connectivity index (χ4v) is 4.10. The number of phenols is 1. The van der Waals surface area contributed by atoms with Gasteiger partial charge in [0.25, 0.3) is 0 Å². The number of aryl methyl sites for hydroxylation is 1. The van der Waals surface area contributed by atoms with Crippen molar-refractivity contribution in [1.82, 2.24) is 25.6 Å². The monoisotopic (exact) mass is 480 g/mol. The lowest BCUT2D eigenvalue weighted by atomic mass is 9.98. The lowest BCUT2D eigenvalue weighted by Crippen LogP contribution is -2.15. The molecule has 1 fully saturated rings. The Balaban J connectivity index is 1.44. The van der Waals surface area contributed by atoms with E-state index in [1.54, 1.807) is 0 Å². The second kappa shape index (κ2) is 8.49. The third kappa shape index (κ3) is 4.57. The highest BCUT2D eigenvalue weighted by Crippen LogP contribution is 2.48. The third-order valence-corrected chi connectivity index (χ3v) is 5.96. The van der Waals surface area contributed by atoms with Crippen LogP contribution in [0.4, 0.5) is 18.9 Å². The molecule has 1 aliphatic carbocycles. The summed E-state index contributed by atoms with van der Waals surface area (Å²) >= 11 is 0. The summed E-state index contributed by atoms with van der Waals surface area (Å²) in [6.45, 7) is 1.99. The van der Waals surface area contributed by atoms with Crippen LogP contribution in [0.3, 0.4) is 0 Å². The Hall–Kier alpha value is -4.28. The summed E-state index contributed by atoms with van der Waals surface area (Å²) in [5, 5.41) is 27.0. The van der Waals surface area contributed by atoms with Crippen LogP contribution in [-0.2, 0) is 11.0 Å². The molecule has 2 heterocycles. The van der Waals surface area contributed by atoms with Gasteiger partial charge in [0.2, 0.25) is 5.91 Å². The predicted molar refractivity (Wildman–Crippen MR) is 120 cm³/mol. The number of halogens is 3. The van der Waals surface area contributed by atoms with Crippen molar-refractivity contribution in [2.24, 2.45) is 5.92 Å². The number of aromatic hydroxyl groups is 1. The van der Waals surface area contributed by atoms with Crippen LogP contribution in [0.5, 0.6) is 5.75 Å². The highest BCUT2D eigenvalue weighted by Gasteiger charge is 2.44. The quantitative estimate of drug-likeness (QED) is 0.357. The van der Waals surface area contributed by atoms with Crippen LogP contribution in [0.2, 0.25) is 0 Å². The Morgan fingerprint density at radius 1 is 1.14 bits per heavy atom. The average molecular weight is 480 g/mol. The summed E-state index contributed by atoms with van der Waals surface area (Å²) in [6.07, 6.45) is -2.82. The maximum atomic E-state index is 12.9. The van der Waals surface area contributed by atoms with E-state index in [9.17, 15) is 23.1 Å². The number of anilines is 1. The predicted octanol–water partition coefficient (Wildman–Crippen LogP) is 4.70. The minimum atomic E-state index is -4.58. The third-order valence-electron chi connectivity index (χ3n) is 5.96. The largest absolute Gasteiger partial charge is 0.506 e. The first-order valence-corrected chi connectivity index (χ1v) is 10.7. The average Bonchev–Trinajstić information content (AvgIpc) is 3.45. The molecule has 4 aromatic rings. The number of carbonyl (C=O) groups is 1. The van der Waals surface area contributed by atoms with Gasteiger partial charge in [-0.05, 0) is 59.0 Å². The van der Waals surface area contributed by atoms with Crippen molar-refractivity contribution in [3.8, 4) is 28.3 Å². The van der Waals surface area contributed by atoms with Crippen molar-refractivity contribution in [3.63, 3.8) is 0 Å². The molecule has 0 radical (unpaired) electrons. The number of H-pyrrole nitrogens is 1. The minimum absolute atomic E-state index is 0.104. The highest BCUT2D eigenvalue weighted by molar-refractivity contribution is 5.98. The Labute approximate surface area is 197 Å². The van der Waals surface area contributed by atoms with Gasteiger partial charge in [-0.15, -0.1) is 5.10 Å². The smallest absolute Gasteiger partial charge is 0.433 e. The Morgan fingerprint density at radius 2 is 1.97 bits per heavy atom. The van der Waals surface area contributed by atoms with Gasteiger partial charge in [-0.2, -0.15) is 13.2 Å². The van der Waals surface area contributed by atoms with Crippen LogP contribution in [-0.4, -0.2) is 36.6 Å². The van der Waals surface area contributed by atoms with Crippen LogP contribution in [0.1, 0.15) is 29.2 Å². The van der Waals surface area contributed by atoms with E-state index < -0.39 is 11.9 Å². The zero-order valence-corrected chi connectivity index (χ0v) is 18.3. The molecule has 1 amide bonds. The highest BCUT2D eigenvalue weighted by atomic mass is 19.4. The van der Waals surface area contributed by atoms with Crippen LogP contribution < -0.4 is 5.32 Å². The van der Waals surface area contributed by atoms with E-state index in [4.69, 9.17) is 0 Å². The number of alkyl halides is 3. The fraction of sp³-hybridized carbons (Fsp3) is 0.208. The lowest BCUT2D eigenvalue weighted by molar-refractivity contribution is -0.141. The number of carbonyl (C=O) groups excluding carboxylic acids is 1. The van der Waals surface area contributed by atoms with E-state index in [1.165, 1.54) is 18.2 Å². The van der Waals surface area contributed by atoms with Crippen molar-refractivity contribution >= 4 is 11.6 Å². The number of aromatic amines is 1. The molecule has 1 saturated carbocycles. The number of nitrogens with one attached hydrogen (secondary N) is 2. The van der Waals surface area contributed by atoms with E-state index >= 15 is 0 Å². The van der Waals surface area contributed by atoms with E-state index in [2.05, 4.69) is 37.0 Å². The molecule has 11 heteroatoms. The number of hydrogen-bond donors (Lipinski definition) is 3. The summed E-state index contributed by atoms with van der Waals surface area (Å²) < 4.78 is 38.7. The Morgan fingerprint density at radius 3 is 2.63 bits per heavy atom. The maximum Gasteiger partial charge on any atom is 0.433 e. The molecule has 178 valence electrons. The molecule has 5 rings (SSSR count). The fourth-order valence-electron chi connectivity index (χ4n) is 4.10. The van der Waals surface area contributed by atoms with Crippen LogP contribution in [0, 0.1) is 12.8 Å². The minimum Gasteiger partial charge on any atom is -0.506 e. The zero-order chi connectivity index (χ0) is 24.7. The first kappa shape index (κ1) is 22.5. The van der Waals surface area contributed by atoms with Gasteiger partial charge in [0.05, 0.1) is 5.69 Å². The van der Waals surface area contributed by atoms with Gasteiger partial charge >= 0.3 is 6.18 Å². The van der Waals surface area contributed by atoms with Crippen LogP contribution >= 0.6 is 0 Å². The molecule has 2 aromatic heterocycles. The summed E-state index contributed by atoms with van der Waals surface area (Å²) in [4.78, 5) is 16.4. The number of benzene rings is 2. The molecule has 0 unspecified atom stereocenters. The number of pyridine rings is 1. The second-order valence-electron chi connectivity index (χ2n) is 8.45. The molecule has 8 nitrogen and oxygen atoms in total. The SMILES string of the molecule is Cc1cccc([C@@H]2C[C@H]2C(=O)Nc2cc(-c3nnn[nH]3)c(-c3ccc(C(F)(F)F)nc3)cc2O)c1. The standard InChI is InChI=1S/C24H19F3N6O2/c1-12-3-2-4-13(7-12)15-8-18(15)23(35)29-19-9-17(22-30-32-33-31-22)16(10-20(19)34)14-5-6-21(28-11-14)24(25,26)27/h2-7,9-11,15,18,34H,8H2,1H3,(H,29,35)(H,30,31,32,33)/t15-,18+/m0/s1. The van der Waals surface area contributed by atoms with Gasteiger partial charge in [-0.3, -0.25) is 9.78 Å². The van der Waals surface area contributed by atoms with Crippen LogP contribution in [0.15, 0.2) is 54.7 Å². The summed E-state index contributed by atoms with van der Waals surface area (Å²) in [6, 6.07) is 12.9. The van der Waals surface area contributed by atoms with Gasteiger partial charge < -0.3 is 10.4 Å². The molecule has 35 heavy (non-hydrogen) atoms. The van der Waals surface area contributed by atoms with E-state index in [1.807, 2.05) is 25.1 Å². The number of aromatic nitrogens is 5. The molecular formula is C24H19F3N6O2. The Kier molecular flexibility index (Phi) is 5.46. The number of tetrazole rings is 1. The molecule has 0 spiro atoms. The second-order valence-corrected chi connectivity index (χ2v) is 8.45. The molecule has 2 atom stereocenters. The van der Waals surface area contributed by atoms with Crippen molar-refractivity contribution in [3.05, 3.63) is 71.5 Å².